The second-order valence-corrected chi connectivity index (χ2v) is 8.87. The van der Waals surface area contributed by atoms with Gasteiger partial charge in [-0.25, -0.2) is 0 Å². The second-order valence-electron chi connectivity index (χ2n) is 7.73. The van der Waals surface area contributed by atoms with Crippen molar-refractivity contribution in [3.05, 3.63) is 101 Å². The fraction of sp³-hybridized carbons (Fsp3) is 0.185. The Morgan fingerprint density at radius 1 is 0.714 bits per heavy atom. The first-order valence-corrected chi connectivity index (χ1v) is 11.0. The molecule has 1 aliphatic carbocycles. The molecule has 0 amide bonds. The van der Waals surface area contributed by atoms with Crippen LogP contribution < -0.4 is 0 Å². The lowest BCUT2D eigenvalue weighted by atomic mass is 9.98. The maximum absolute atomic E-state index is 2.27. The highest BCUT2D eigenvalue weighted by Crippen LogP contribution is 2.39. The molecule has 0 saturated heterocycles. The molecule has 1 heterocycles. The van der Waals surface area contributed by atoms with E-state index >= 15 is 0 Å². The van der Waals surface area contributed by atoms with Gasteiger partial charge in [0.1, 0.15) is 0 Å². The summed E-state index contributed by atoms with van der Waals surface area (Å²) in [6.07, 6.45) is 2.35. The lowest BCUT2D eigenvalue weighted by molar-refractivity contribution is 1.17. The molecule has 6 rings (SSSR count). The first kappa shape index (κ1) is 17.6. The Morgan fingerprint density at radius 2 is 1.54 bits per heavy atom. The number of fused-ring (bicyclic) bond motifs is 6. The molecule has 0 spiro atoms. The van der Waals surface area contributed by atoms with Crippen LogP contribution in [0, 0.1) is 13.8 Å². The van der Waals surface area contributed by atoms with Crippen molar-refractivity contribution in [2.24, 2.45) is 0 Å². The largest absolute Gasteiger partial charge is 0.126 e. The molecule has 0 unspecified atom stereocenters. The Kier molecular flexibility index (Phi) is 4.49. The molecule has 0 saturated carbocycles. The molecule has 1 heteroatoms. The van der Waals surface area contributed by atoms with Crippen LogP contribution in [0.5, 0.6) is 0 Å². The number of aryl methyl sites for hydroxylation is 2. The zero-order chi connectivity index (χ0) is 19.1. The topological polar surface area (TPSA) is 0 Å². The fourth-order valence-corrected chi connectivity index (χ4v) is 5.53. The van der Waals surface area contributed by atoms with Crippen LogP contribution in [0.25, 0.3) is 21.9 Å². The Morgan fingerprint density at radius 3 is 2.46 bits per heavy atom. The average molecular weight is 381 g/mol. The molecule has 0 nitrogen and oxygen atoms in total. The predicted octanol–water partition coefficient (Wildman–Crippen LogP) is 7.36. The van der Waals surface area contributed by atoms with E-state index in [1.165, 1.54) is 61.2 Å². The van der Waals surface area contributed by atoms with Crippen LogP contribution >= 0.6 is 11.8 Å². The van der Waals surface area contributed by atoms with E-state index in [4.69, 9.17) is 0 Å². The number of thioether (sulfide) groups is 1. The first-order valence-electron chi connectivity index (χ1n) is 10.0. The van der Waals surface area contributed by atoms with Crippen molar-refractivity contribution in [1.29, 1.82) is 0 Å². The lowest BCUT2D eigenvalue weighted by Gasteiger charge is -2.06. The summed E-state index contributed by atoms with van der Waals surface area (Å²) in [4.78, 5) is 1.48. The van der Waals surface area contributed by atoms with E-state index in [2.05, 4.69) is 86.6 Å². The molecule has 138 valence electrons. The van der Waals surface area contributed by atoms with Crippen LogP contribution in [0.2, 0.25) is 0 Å². The van der Waals surface area contributed by atoms with E-state index in [9.17, 15) is 0 Å². The van der Waals surface area contributed by atoms with Crippen LogP contribution in [0.4, 0.5) is 0 Å². The number of hydrogen-bond acceptors (Lipinski definition) is 1. The van der Waals surface area contributed by atoms with Crippen LogP contribution in [0.15, 0.2) is 77.7 Å². The Labute approximate surface area is 171 Å². The maximum atomic E-state index is 2.27. The summed E-state index contributed by atoms with van der Waals surface area (Å²) >= 11 is 1.98. The highest BCUT2D eigenvalue weighted by Gasteiger charge is 2.19. The summed E-state index contributed by atoms with van der Waals surface area (Å²) in [5, 5.41) is 2.83. The maximum Gasteiger partial charge on any atom is 0.0111 e. The third kappa shape index (κ3) is 2.95. The van der Waals surface area contributed by atoms with Gasteiger partial charge in [-0.05, 0) is 82.5 Å². The van der Waals surface area contributed by atoms with Crippen LogP contribution in [0.3, 0.4) is 0 Å². The van der Waals surface area contributed by atoms with Gasteiger partial charge in [-0.2, -0.15) is 0 Å². The van der Waals surface area contributed by atoms with Crippen LogP contribution in [-0.4, -0.2) is 5.75 Å². The van der Waals surface area contributed by atoms with Gasteiger partial charge >= 0.3 is 0 Å². The molecular weight excluding hydrogens is 356 g/mol. The van der Waals surface area contributed by atoms with Gasteiger partial charge in [0.05, 0.1) is 0 Å². The molecule has 0 aromatic heterocycles. The third-order valence-corrected chi connectivity index (χ3v) is 7.25. The predicted molar refractivity (Wildman–Crippen MR) is 123 cm³/mol. The van der Waals surface area contributed by atoms with Gasteiger partial charge in [-0.3, -0.25) is 0 Å². The van der Waals surface area contributed by atoms with Gasteiger partial charge in [0.2, 0.25) is 0 Å². The Hall–Kier alpha value is -2.51. The molecule has 0 bridgehead atoms. The summed E-state index contributed by atoms with van der Waals surface area (Å²) in [6, 6.07) is 26.4. The molecule has 28 heavy (non-hydrogen) atoms. The number of hydrogen-bond donors (Lipinski definition) is 0. The van der Waals surface area contributed by atoms with Crippen molar-refractivity contribution >= 4 is 22.5 Å². The molecule has 0 fully saturated rings. The second kappa shape index (κ2) is 7.14. The minimum Gasteiger partial charge on any atom is -0.126 e. The number of benzene rings is 4. The van der Waals surface area contributed by atoms with E-state index in [0.29, 0.717) is 0 Å². The summed E-state index contributed by atoms with van der Waals surface area (Å²) < 4.78 is 0. The van der Waals surface area contributed by atoms with E-state index in [1.807, 2.05) is 11.8 Å². The van der Waals surface area contributed by atoms with Crippen molar-refractivity contribution in [2.75, 3.05) is 5.75 Å². The summed E-state index contributed by atoms with van der Waals surface area (Å²) in [6.45, 7) is 4.43. The molecule has 2 aliphatic rings. The van der Waals surface area contributed by atoms with Crippen molar-refractivity contribution < 1.29 is 0 Å². The third-order valence-electron chi connectivity index (χ3n) is 6.15. The summed E-state index contributed by atoms with van der Waals surface area (Å²) in [5.74, 6) is 1.25. The van der Waals surface area contributed by atoms with Gasteiger partial charge in [0, 0.05) is 10.6 Å². The SMILES string of the molecule is Cc1ccc2c(c1C)Cc1ccccc1-2.c1ccc2c3c(ccc2c1)SCC3. The van der Waals surface area contributed by atoms with Gasteiger partial charge in [-0.1, -0.05) is 66.7 Å². The van der Waals surface area contributed by atoms with Crippen molar-refractivity contribution in [3.63, 3.8) is 0 Å². The first-order chi connectivity index (χ1) is 13.7. The van der Waals surface area contributed by atoms with Gasteiger partial charge in [0.25, 0.3) is 0 Å². The van der Waals surface area contributed by atoms with E-state index in [1.54, 1.807) is 5.56 Å². The Bertz CT molecular complexity index is 1190. The van der Waals surface area contributed by atoms with Gasteiger partial charge in [-0.15, -0.1) is 11.8 Å². The minimum absolute atomic E-state index is 1.11. The van der Waals surface area contributed by atoms with E-state index in [0.717, 1.165) is 6.42 Å². The van der Waals surface area contributed by atoms with Gasteiger partial charge in [0.15, 0.2) is 0 Å². The highest BCUT2D eigenvalue weighted by molar-refractivity contribution is 7.99. The zero-order valence-corrected chi connectivity index (χ0v) is 17.3. The standard InChI is InChI=1S/C15H14.C12H10S/c1-10-7-8-14-13-6-4-3-5-12(13)9-15(14)11(10)2;1-2-4-10-9(3-1)5-6-12-11(10)7-8-13-12/h3-8H,9H2,1-2H3;1-6H,7-8H2. The number of rotatable bonds is 0. The van der Waals surface area contributed by atoms with Crippen molar-refractivity contribution in [3.8, 4) is 11.1 Å². The fourth-order valence-electron chi connectivity index (χ4n) is 4.45. The van der Waals surface area contributed by atoms with Gasteiger partial charge < -0.3 is 0 Å². The quantitative estimate of drug-likeness (QED) is 0.270. The molecular formula is C27H24S. The summed E-state index contributed by atoms with van der Waals surface area (Å²) in [7, 11) is 0. The summed E-state index contributed by atoms with van der Waals surface area (Å²) in [5.41, 5.74) is 10.3. The molecule has 1 aliphatic heterocycles. The monoisotopic (exact) mass is 380 g/mol. The highest BCUT2D eigenvalue weighted by atomic mass is 32.2. The average Bonchev–Trinajstić information content (AvgIpc) is 3.36. The molecule has 4 aromatic rings. The molecule has 0 radical (unpaired) electrons. The lowest BCUT2D eigenvalue weighted by Crippen LogP contribution is -1.89. The molecule has 0 N–H and O–H groups in total. The van der Waals surface area contributed by atoms with Crippen LogP contribution in [0.1, 0.15) is 27.8 Å². The smallest absolute Gasteiger partial charge is 0.0111 e. The van der Waals surface area contributed by atoms with E-state index < -0.39 is 0 Å². The molecule has 4 aromatic carbocycles. The molecule has 0 atom stereocenters. The normalized spacial score (nSPS) is 13.5. The van der Waals surface area contributed by atoms with E-state index in [-0.39, 0.29) is 0 Å². The zero-order valence-electron chi connectivity index (χ0n) is 16.5. The van der Waals surface area contributed by atoms with Crippen molar-refractivity contribution in [2.45, 2.75) is 31.6 Å². The van der Waals surface area contributed by atoms with Crippen molar-refractivity contribution in [1.82, 2.24) is 0 Å². The Balaban J connectivity index is 0.000000123. The van der Waals surface area contributed by atoms with Crippen LogP contribution in [-0.2, 0) is 12.8 Å². The minimum atomic E-state index is 1.11.